The lowest BCUT2D eigenvalue weighted by molar-refractivity contribution is 0.0519. The molecule has 0 bridgehead atoms. The fraction of sp³-hybridized carbons (Fsp3) is 0.419. The molecule has 0 saturated heterocycles. The minimum absolute atomic E-state index is 0.298. The van der Waals surface area contributed by atoms with Crippen molar-refractivity contribution in [3.63, 3.8) is 0 Å². The number of carbonyl (C=O) groups is 2. The number of aromatic nitrogens is 4. The number of ether oxygens (including phenoxy) is 3. The highest BCUT2D eigenvalue weighted by molar-refractivity contribution is 7.18. The molecule has 0 spiro atoms. The van der Waals surface area contributed by atoms with Crippen molar-refractivity contribution in [2.75, 3.05) is 23.8 Å². The molecule has 13 heteroatoms. The van der Waals surface area contributed by atoms with Crippen molar-refractivity contribution in [2.24, 2.45) is 0 Å². The van der Waals surface area contributed by atoms with E-state index in [1.165, 1.54) is 0 Å². The highest BCUT2D eigenvalue weighted by Crippen LogP contribution is 2.30. The van der Waals surface area contributed by atoms with Crippen LogP contribution in [0.5, 0.6) is 5.75 Å². The van der Waals surface area contributed by atoms with E-state index >= 15 is 0 Å². The molecule has 0 saturated carbocycles. The average molecular weight is 622 g/mol. The Balaban J connectivity index is 1.36. The molecule has 234 valence electrons. The molecule has 0 atom stereocenters. The van der Waals surface area contributed by atoms with E-state index in [1.54, 1.807) is 17.5 Å². The van der Waals surface area contributed by atoms with Gasteiger partial charge in [-0.25, -0.2) is 19.6 Å². The van der Waals surface area contributed by atoms with Gasteiger partial charge in [-0.2, -0.15) is 5.10 Å². The largest absolute Gasteiger partial charge is 0.492 e. The summed E-state index contributed by atoms with van der Waals surface area (Å²) in [6.07, 6.45) is 0.628. The second-order valence-electron chi connectivity index (χ2n) is 12.1. The molecular weight excluding hydrogens is 582 g/mol. The number of nitrogens with zero attached hydrogens (tertiary/aromatic N) is 4. The van der Waals surface area contributed by atoms with Crippen LogP contribution in [0, 0.1) is 13.8 Å². The van der Waals surface area contributed by atoms with Gasteiger partial charge in [0.25, 0.3) is 0 Å². The standard InChI is InChI=1S/C31H39N7O5S/c1-18-13-20(35-29(40)43-31(6,7)8)14-19(2)26(18)23-16-34-38-27(37-23)33-17-25-36-22-15-21(9-10-24(22)44-25)41-12-11-32-28(39)42-30(3,4)5/h9-10,13-16H,11-12,17H2,1-8H3,(H,32,39)(H,35,40)(H,33,37,38). The van der Waals surface area contributed by atoms with Crippen molar-refractivity contribution >= 4 is 45.4 Å². The third-order valence-electron chi connectivity index (χ3n) is 5.83. The van der Waals surface area contributed by atoms with Crippen LogP contribution in [0.4, 0.5) is 21.2 Å². The number of hydrogen-bond donors (Lipinski definition) is 3. The SMILES string of the molecule is Cc1cc(NC(=O)OC(C)(C)C)cc(C)c1-c1cnnc(NCc2nc3cc(OCCNC(=O)OC(C)(C)C)ccc3s2)n1. The number of hydrogen-bond acceptors (Lipinski definition) is 11. The molecule has 0 unspecified atom stereocenters. The first-order valence-electron chi connectivity index (χ1n) is 14.2. The number of carbonyl (C=O) groups excluding carboxylic acids is 2. The van der Waals surface area contributed by atoms with Gasteiger partial charge in [0.1, 0.15) is 28.6 Å². The Morgan fingerprint density at radius 1 is 0.909 bits per heavy atom. The summed E-state index contributed by atoms with van der Waals surface area (Å²) in [6, 6.07) is 9.45. The Morgan fingerprint density at radius 2 is 1.59 bits per heavy atom. The van der Waals surface area contributed by atoms with Crippen LogP contribution in [-0.2, 0) is 16.0 Å². The number of aryl methyl sites for hydroxylation is 2. The third kappa shape index (κ3) is 9.49. The summed E-state index contributed by atoms with van der Waals surface area (Å²) in [7, 11) is 0. The van der Waals surface area contributed by atoms with Gasteiger partial charge in [-0.05, 0) is 90.8 Å². The fourth-order valence-corrected chi connectivity index (χ4v) is 5.16. The molecule has 0 aliphatic carbocycles. The van der Waals surface area contributed by atoms with Gasteiger partial charge in [0, 0.05) is 17.3 Å². The summed E-state index contributed by atoms with van der Waals surface area (Å²) in [5, 5.41) is 17.8. The lowest BCUT2D eigenvalue weighted by Gasteiger charge is -2.20. The number of amides is 2. The number of alkyl carbamates (subject to hydrolysis) is 1. The van der Waals surface area contributed by atoms with E-state index in [-0.39, 0.29) is 0 Å². The van der Waals surface area contributed by atoms with Crippen LogP contribution < -0.4 is 20.7 Å². The van der Waals surface area contributed by atoms with Crippen molar-refractivity contribution in [3.8, 4) is 17.0 Å². The lowest BCUT2D eigenvalue weighted by atomic mass is 9.99. The third-order valence-corrected chi connectivity index (χ3v) is 6.87. The number of nitrogens with one attached hydrogen (secondary N) is 3. The number of fused-ring (bicyclic) bond motifs is 1. The van der Waals surface area contributed by atoms with Crippen molar-refractivity contribution < 1.29 is 23.8 Å². The van der Waals surface area contributed by atoms with Crippen molar-refractivity contribution in [3.05, 3.63) is 52.7 Å². The Bertz CT molecular complexity index is 1620. The number of thiazole rings is 1. The van der Waals surface area contributed by atoms with Crippen LogP contribution in [0.15, 0.2) is 36.5 Å². The Labute approximate surface area is 261 Å². The van der Waals surface area contributed by atoms with Crippen LogP contribution in [0.1, 0.15) is 57.7 Å². The Morgan fingerprint density at radius 3 is 2.27 bits per heavy atom. The second kappa shape index (κ2) is 13.4. The summed E-state index contributed by atoms with van der Waals surface area (Å²) < 4.78 is 17.4. The van der Waals surface area contributed by atoms with Gasteiger partial charge in [0.2, 0.25) is 5.95 Å². The molecule has 2 amide bonds. The summed E-state index contributed by atoms with van der Waals surface area (Å²) >= 11 is 1.55. The molecular formula is C31H39N7O5S. The summed E-state index contributed by atoms with van der Waals surface area (Å²) in [4.78, 5) is 33.4. The van der Waals surface area contributed by atoms with Gasteiger partial charge < -0.3 is 24.8 Å². The molecule has 2 heterocycles. The van der Waals surface area contributed by atoms with Gasteiger partial charge in [-0.1, -0.05) is 0 Å². The minimum atomic E-state index is -0.587. The molecule has 44 heavy (non-hydrogen) atoms. The van der Waals surface area contributed by atoms with E-state index in [0.29, 0.717) is 42.8 Å². The topological polar surface area (TPSA) is 149 Å². The normalized spacial score (nSPS) is 11.6. The predicted octanol–water partition coefficient (Wildman–Crippen LogP) is 6.63. The summed E-state index contributed by atoms with van der Waals surface area (Å²) in [5.74, 6) is 1.03. The first kappa shape index (κ1) is 32.4. The van der Waals surface area contributed by atoms with Gasteiger partial charge in [-0.15, -0.1) is 16.4 Å². The van der Waals surface area contributed by atoms with Crippen LogP contribution in [0.2, 0.25) is 0 Å². The number of rotatable bonds is 9. The summed E-state index contributed by atoms with van der Waals surface area (Å²) in [6.45, 7) is 15.8. The van der Waals surface area contributed by atoms with Crippen molar-refractivity contribution in [1.29, 1.82) is 0 Å². The Hall–Kier alpha value is -4.52. The highest BCUT2D eigenvalue weighted by atomic mass is 32.1. The molecule has 3 N–H and O–H groups in total. The zero-order valence-electron chi connectivity index (χ0n) is 26.3. The van der Waals surface area contributed by atoms with Crippen LogP contribution in [-0.4, -0.2) is 56.7 Å². The average Bonchev–Trinajstić information content (AvgIpc) is 3.30. The molecule has 12 nitrogen and oxygen atoms in total. The first-order chi connectivity index (χ1) is 20.6. The van der Waals surface area contributed by atoms with Crippen molar-refractivity contribution in [1.82, 2.24) is 25.5 Å². The van der Waals surface area contributed by atoms with Gasteiger partial charge >= 0.3 is 12.2 Å². The lowest BCUT2D eigenvalue weighted by Crippen LogP contribution is -2.34. The molecule has 0 aliphatic rings. The molecule has 4 rings (SSSR count). The maximum atomic E-state index is 12.2. The zero-order chi connectivity index (χ0) is 32.1. The van der Waals surface area contributed by atoms with E-state index in [9.17, 15) is 9.59 Å². The van der Waals surface area contributed by atoms with E-state index < -0.39 is 23.4 Å². The van der Waals surface area contributed by atoms with Gasteiger partial charge in [-0.3, -0.25) is 5.32 Å². The highest BCUT2D eigenvalue weighted by Gasteiger charge is 2.18. The molecule has 2 aromatic heterocycles. The zero-order valence-corrected chi connectivity index (χ0v) is 27.1. The molecule has 4 aromatic rings. The smallest absolute Gasteiger partial charge is 0.412 e. The van der Waals surface area contributed by atoms with Gasteiger partial charge in [0.05, 0.1) is 35.2 Å². The van der Waals surface area contributed by atoms with Crippen LogP contribution >= 0.6 is 11.3 Å². The fourth-order valence-electron chi connectivity index (χ4n) is 4.27. The molecule has 0 aliphatic heterocycles. The maximum Gasteiger partial charge on any atom is 0.412 e. The maximum absolute atomic E-state index is 12.2. The summed E-state index contributed by atoms with van der Waals surface area (Å²) in [5.41, 5.74) is 3.73. The quantitative estimate of drug-likeness (QED) is 0.174. The van der Waals surface area contributed by atoms with Crippen LogP contribution in [0.25, 0.3) is 21.5 Å². The molecule has 0 radical (unpaired) electrons. The monoisotopic (exact) mass is 621 g/mol. The second-order valence-corrected chi connectivity index (χ2v) is 13.3. The first-order valence-corrected chi connectivity index (χ1v) is 15.0. The van der Waals surface area contributed by atoms with E-state index in [0.717, 1.165) is 31.9 Å². The van der Waals surface area contributed by atoms with Crippen molar-refractivity contribution in [2.45, 2.75) is 73.1 Å². The van der Waals surface area contributed by atoms with Gasteiger partial charge in [0.15, 0.2) is 0 Å². The van der Waals surface area contributed by atoms with Crippen LogP contribution in [0.3, 0.4) is 0 Å². The molecule has 2 aromatic carbocycles. The van der Waals surface area contributed by atoms with E-state index in [4.69, 9.17) is 19.2 Å². The minimum Gasteiger partial charge on any atom is -0.492 e. The molecule has 0 fully saturated rings. The number of anilines is 2. The van der Waals surface area contributed by atoms with E-state index in [1.807, 2.05) is 85.7 Å². The predicted molar refractivity (Wildman–Crippen MR) is 171 cm³/mol. The number of benzene rings is 2. The Kier molecular flexibility index (Phi) is 9.88. The van der Waals surface area contributed by atoms with E-state index in [2.05, 4.69) is 31.1 Å².